The predicted molar refractivity (Wildman–Crippen MR) is 90.0 cm³/mol. The number of nitrogens with zero attached hydrogens (tertiary/aromatic N) is 3. The lowest BCUT2D eigenvalue weighted by Crippen LogP contribution is -2.08. The molecule has 128 valence electrons. The molecule has 1 saturated carbocycles. The molecule has 1 aliphatic rings. The first kappa shape index (κ1) is 16.8. The maximum atomic E-state index is 13.0. The van der Waals surface area contributed by atoms with Crippen molar-refractivity contribution in [2.24, 2.45) is 15.7 Å². The molecule has 24 heavy (non-hydrogen) atoms. The fourth-order valence-electron chi connectivity index (χ4n) is 3.26. The number of hydrogen-bond acceptors (Lipinski definition) is 5. The van der Waals surface area contributed by atoms with Crippen LogP contribution in [0.4, 0.5) is 0 Å². The maximum Gasteiger partial charge on any atom is 0.258 e. The summed E-state index contributed by atoms with van der Waals surface area (Å²) in [5.74, 6) is 0.0559. The summed E-state index contributed by atoms with van der Waals surface area (Å²) in [4.78, 5) is 17.5. The summed E-state index contributed by atoms with van der Waals surface area (Å²) in [6, 6.07) is 7.29. The summed E-state index contributed by atoms with van der Waals surface area (Å²) in [5, 5.41) is 3.79. The van der Waals surface area contributed by atoms with Crippen molar-refractivity contribution in [2.45, 2.75) is 38.5 Å². The minimum atomic E-state index is -2.79. The van der Waals surface area contributed by atoms with Crippen LogP contribution in [0.3, 0.4) is 0 Å². The van der Waals surface area contributed by atoms with Crippen LogP contribution in [0.2, 0.25) is 0 Å². The second kappa shape index (κ2) is 5.51. The summed E-state index contributed by atoms with van der Waals surface area (Å²) in [7, 11) is -2.79. The second-order valence-corrected chi connectivity index (χ2v) is 9.18. The number of carbonyl (C=O) groups is 1. The lowest BCUT2D eigenvalue weighted by Gasteiger charge is -2.07. The van der Waals surface area contributed by atoms with E-state index in [1.807, 2.05) is 32.9 Å². The zero-order valence-electron chi connectivity index (χ0n) is 14.4. The third kappa shape index (κ3) is 2.77. The number of benzene rings is 1. The molecular formula is C17H21N3O3S. The van der Waals surface area contributed by atoms with Gasteiger partial charge in [-0.2, -0.15) is 9.35 Å². The monoisotopic (exact) mass is 347 g/mol. The van der Waals surface area contributed by atoms with Gasteiger partial charge in [-0.3, -0.25) is 4.79 Å². The second-order valence-electron chi connectivity index (χ2n) is 6.95. The Labute approximate surface area is 141 Å². The van der Waals surface area contributed by atoms with E-state index in [1.54, 1.807) is 19.1 Å². The van der Waals surface area contributed by atoms with Gasteiger partial charge in [0.15, 0.2) is 5.82 Å². The minimum absolute atomic E-state index is 0.179. The van der Waals surface area contributed by atoms with E-state index in [1.165, 1.54) is 6.26 Å². The van der Waals surface area contributed by atoms with Gasteiger partial charge in [0.05, 0.1) is 26.5 Å². The van der Waals surface area contributed by atoms with E-state index in [0.29, 0.717) is 16.6 Å². The number of rotatable bonds is 3. The Bertz CT molecular complexity index is 923. The van der Waals surface area contributed by atoms with Crippen molar-refractivity contribution >= 4 is 15.6 Å². The third-order valence-electron chi connectivity index (χ3n) is 4.67. The SMILES string of the molecule is Cc1noc([C@@H]2[C@H](C(=O)N=S(C)(=O)c3ccccc3C)C2(C)C)n1. The zero-order valence-corrected chi connectivity index (χ0v) is 15.3. The van der Waals surface area contributed by atoms with Gasteiger partial charge in [-0.25, -0.2) is 4.21 Å². The van der Waals surface area contributed by atoms with Crippen LogP contribution in [0.15, 0.2) is 38.0 Å². The van der Waals surface area contributed by atoms with Gasteiger partial charge in [-0.15, -0.1) is 0 Å². The molecule has 0 N–H and O–H groups in total. The molecule has 3 rings (SSSR count). The van der Waals surface area contributed by atoms with E-state index in [2.05, 4.69) is 14.5 Å². The molecule has 0 saturated heterocycles. The molecule has 1 heterocycles. The van der Waals surface area contributed by atoms with Crippen molar-refractivity contribution < 1.29 is 13.5 Å². The largest absolute Gasteiger partial charge is 0.339 e. The summed E-state index contributed by atoms with van der Waals surface area (Å²) in [6.45, 7) is 7.52. The molecule has 1 aromatic carbocycles. The van der Waals surface area contributed by atoms with Crippen molar-refractivity contribution in [3.8, 4) is 0 Å². The first-order valence-corrected chi connectivity index (χ1v) is 9.69. The molecule has 0 radical (unpaired) electrons. The third-order valence-corrected chi connectivity index (χ3v) is 6.47. The lowest BCUT2D eigenvalue weighted by atomic mass is 10.1. The van der Waals surface area contributed by atoms with Crippen molar-refractivity contribution in [3.63, 3.8) is 0 Å². The summed E-state index contributed by atoms with van der Waals surface area (Å²) >= 11 is 0. The number of hydrogen-bond donors (Lipinski definition) is 0. The number of aryl methyl sites for hydroxylation is 2. The van der Waals surface area contributed by atoms with Crippen LogP contribution < -0.4 is 0 Å². The topological polar surface area (TPSA) is 85.4 Å². The van der Waals surface area contributed by atoms with Crippen molar-refractivity contribution in [1.82, 2.24) is 10.1 Å². The highest BCUT2D eigenvalue weighted by molar-refractivity contribution is 7.93. The average molecular weight is 347 g/mol. The summed E-state index contributed by atoms with van der Waals surface area (Å²) < 4.78 is 22.3. The van der Waals surface area contributed by atoms with Gasteiger partial charge in [0.1, 0.15) is 0 Å². The molecule has 1 aromatic heterocycles. The first-order chi connectivity index (χ1) is 11.1. The standard InChI is InChI=1S/C17H21N3O3S/c1-10-8-6-7-9-12(10)24(5,22)20-15(21)13-14(17(13,3)4)16-18-11(2)19-23-16/h6-9,13-14H,1-5H3/t13-,14+,24?/m1/s1. The van der Waals surface area contributed by atoms with E-state index in [9.17, 15) is 9.00 Å². The van der Waals surface area contributed by atoms with Crippen LogP contribution in [-0.2, 0) is 14.5 Å². The molecule has 6 nitrogen and oxygen atoms in total. The molecule has 1 fully saturated rings. The summed E-state index contributed by atoms with van der Waals surface area (Å²) in [5.41, 5.74) is 0.529. The Kier molecular flexibility index (Phi) is 3.86. The molecule has 3 atom stereocenters. The van der Waals surface area contributed by atoms with Crippen molar-refractivity contribution in [2.75, 3.05) is 6.26 Å². The highest BCUT2D eigenvalue weighted by Gasteiger charge is 2.65. The predicted octanol–water partition coefficient (Wildman–Crippen LogP) is 3.11. The van der Waals surface area contributed by atoms with E-state index in [0.717, 1.165) is 5.56 Å². The van der Waals surface area contributed by atoms with Crippen molar-refractivity contribution in [3.05, 3.63) is 41.5 Å². The van der Waals surface area contributed by atoms with E-state index >= 15 is 0 Å². The molecule has 1 aliphatic carbocycles. The quantitative estimate of drug-likeness (QED) is 0.851. The average Bonchev–Trinajstić information content (AvgIpc) is 2.82. The number of aromatic nitrogens is 2. The van der Waals surface area contributed by atoms with Crippen LogP contribution in [0.5, 0.6) is 0 Å². The molecule has 7 heteroatoms. The van der Waals surface area contributed by atoms with Crippen LogP contribution >= 0.6 is 0 Å². The molecule has 0 aliphatic heterocycles. The molecule has 2 aromatic rings. The molecular weight excluding hydrogens is 326 g/mol. The Balaban J connectivity index is 1.93. The Morgan fingerprint density at radius 3 is 2.54 bits per heavy atom. The van der Waals surface area contributed by atoms with Gasteiger partial charge >= 0.3 is 0 Å². The molecule has 0 bridgehead atoms. The highest BCUT2D eigenvalue weighted by atomic mass is 32.2. The van der Waals surface area contributed by atoms with E-state index in [-0.39, 0.29) is 23.2 Å². The first-order valence-electron chi connectivity index (χ1n) is 7.76. The van der Waals surface area contributed by atoms with E-state index in [4.69, 9.17) is 4.52 Å². The summed E-state index contributed by atoms with van der Waals surface area (Å²) in [6.07, 6.45) is 1.51. The Morgan fingerprint density at radius 1 is 1.29 bits per heavy atom. The fraction of sp³-hybridized carbons (Fsp3) is 0.471. The molecule has 0 spiro atoms. The Morgan fingerprint density at radius 2 is 1.96 bits per heavy atom. The van der Waals surface area contributed by atoms with Gasteiger partial charge < -0.3 is 4.52 Å². The van der Waals surface area contributed by atoms with Gasteiger partial charge in [-0.1, -0.05) is 37.2 Å². The normalized spacial score (nSPS) is 24.2. The van der Waals surface area contributed by atoms with E-state index < -0.39 is 9.73 Å². The van der Waals surface area contributed by atoms with Crippen LogP contribution in [0.25, 0.3) is 0 Å². The number of carbonyl (C=O) groups excluding carboxylic acids is 1. The zero-order chi connectivity index (χ0) is 17.7. The van der Waals surface area contributed by atoms with Crippen LogP contribution in [0.1, 0.15) is 37.0 Å². The van der Waals surface area contributed by atoms with Crippen molar-refractivity contribution in [1.29, 1.82) is 0 Å². The smallest absolute Gasteiger partial charge is 0.258 e. The fourth-order valence-corrected chi connectivity index (χ4v) is 4.81. The van der Waals surface area contributed by atoms with Gasteiger partial charge in [-0.05, 0) is 30.9 Å². The molecule has 1 unspecified atom stereocenters. The van der Waals surface area contributed by atoms with Gasteiger partial charge in [0, 0.05) is 6.26 Å². The van der Waals surface area contributed by atoms with Crippen LogP contribution in [0, 0.1) is 25.2 Å². The highest BCUT2D eigenvalue weighted by Crippen LogP contribution is 2.64. The van der Waals surface area contributed by atoms with Gasteiger partial charge in [0.2, 0.25) is 5.89 Å². The minimum Gasteiger partial charge on any atom is -0.339 e. The maximum absolute atomic E-state index is 13.0. The Hall–Kier alpha value is -2.02. The van der Waals surface area contributed by atoms with Crippen LogP contribution in [-0.4, -0.2) is 26.5 Å². The lowest BCUT2D eigenvalue weighted by molar-refractivity contribution is -0.119. The molecule has 1 amide bonds. The van der Waals surface area contributed by atoms with Gasteiger partial charge in [0.25, 0.3) is 5.91 Å². The number of amides is 1.